The highest BCUT2D eigenvalue weighted by Crippen LogP contribution is 2.28. The molecule has 19 heavy (non-hydrogen) atoms. The highest BCUT2D eigenvalue weighted by molar-refractivity contribution is 6.02. The van der Waals surface area contributed by atoms with Gasteiger partial charge in [-0.25, -0.2) is 4.98 Å². The number of rotatable bonds is 2. The van der Waals surface area contributed by atoms with Crippen molar-refractivity contribution in [2.24, 2.45) is 7.05 Å². The standard InChI is InChI=1S/C12H10F3N3O/c1-18-7-9(17-11(18)12(13,14)15)10(19)16-8-5-3-2-4-6-8/h2-7H,1H3,(H,16,19). The molecule has 0 unspecified atom stereocenters. The molecule has 0 saturated carbocycles. The van der Waals surface area contributed by atoms with Gasteiger partial charge in [0, 0.05) is 18.9 Å². The number of carbonyl (C=O) groups excluding carboxylic acids is 1. The Labute approximate surface area is 106 Å². The molecule has 1 aromatic heterocycles. The fraction of sp³-hybridized carbons (Fsp3) is 0.167. The van der Waals surface area contributed by atoms with Crippen LogP contribution in [-0.4, -0.2) is 15.5 Å². The van der Waals surface area contributed by atoms with Crippen LogP contribution in [0.4, 0.5) is 18.9 Å². The summed E-state index contributed by atoms with van der Waals surface area (Å²) in [6, 6.07) is 8.43. The van der Waals surface area contributed by atoms with Gasteiger partial charge in [-0.2, -0.15) is 13.2 Å². The topological polar surface area (TPSA) is 46.9 Å². The van der Waals surface area contributed by atoms with Crippen LogP contribution in [-0.2, 0) is 13.2 Å². The van der Waals surface area contributed by atoms with Crippen LogP contribution in [0.1, 0.15) is 16.3 Å². The highest BCUT2D eigenvalue weighted by Gasteiger charge is 2.36. The number of para-hydroxylation sites is 1. The first-order chi connectivity index (χ1) is 8.88. The van der Waals surface area contributed by atoms with Gasteiger partial charge in [0.2, 0.25) is 5.82 Å². The summed E-state index contributed by atoms with van der Waals surface area (Å²) in [6.45, 7) is 0. The van der Waals surface area contributed by atoms with Gasteiger partial charge in [-0.15, -0.1) is 0 Å². The predicted molar refractivity (Wildman–Crippen MR) is 62.6 cm³/mol. The first-order valence-electron chi connectivity index (χ1n) is 5.35. The summed E-state index contributed by atoms with van der Waals surface area (Å²) >= 11 is 0. The second-order valence-electron chi connectivity index (χ2n) is 3.88. The van der Waals surface area contributed by atoms with Gasteiger partial charge in [-0.05, 0) is 12.1 Å². The predicted octanol–water partition coefficient (Wildman–Crippen LogP) is 2.69. The fourth-order valence-corrected chi connectivity index (χ4v) is 1.56. The summed E-state index contributed by atoms with van der Waals surface area (Å²) < 4.78 is 38.4. The summed E-state index contributed by atoms with van der Waals surface area (Å²) in [5, 5.41) is 2.47. The van der Waals surface area contributed by atoms with E-state index in [1.807, 2.05) is 0 Å². The van der Waals surface area contributed by atoms with Crippen LogP contribution in [0.5, 0.6) is 0 Å². The first kappa shape index (κ1) is 13.1. The van der Waals surface area contributed by atoms with Gasteiger partial charge in [0.15, 0.2) is 0 Å². The van der Waals surface area contributed by atoms with Gasteiger partial charge in [0.1, 0.15) is 5.69 Å². The number of nitrogens with one attached hydrogen (secondary N) is 1. The van der Waals surface area contributed by atoms with Gasteiger partial charge < -0.3 is 9.88 Å². The lowest BCUT2D eigenvalue weighted by molar-refractivity contribution is -0.146. The van der Waals surface area contributed by atoms with Gasteiger partial charge in [-0.1, -0.05) is 18.2 Å². The van der Waals surface area contributed by atoms with E-state index >= 15 is 0 Å². The molecule has 2 rings (SSSR count). The van der Waals surface area contributed by atoms with E-state index in [1.165, 1.54) is 7.05 Å². The summed E-state index contributed by atoms with van der Waals surface area (Å²) in [7, 11) is 1.19. The molecule has 0 aliphatic heterocycles. The van der Waals surface area contributed by atoms with Gasteiger partial charge in [0.05, 0.1) is 0 Å². The number of benzene rings is 1. The second kappa shape index (κ2) is 4.75. The first-order valence-corrected chi connectivity index (χ1v) is 5.35. The van der Waals surface area contributed by atoms with Gasteiger partial charge >= 0.3 is 6.18 Å². The molecule has 2 aromatic rings. The summed E-state index contributed by atoms with van der Waals surface area (Å²) in [6.07, 6.45) is -3.54. The molecule has 1 N–H and O–H groups in total. The van der Waals surface area contributed by atoms with E-state index in [4.69, 9.17) is 0 Å². The van der Waals surface area contributed by atoms with Crippen LogP contribution < -0.4 is 5.32 Å². The van der Waals surface area contributed by atoms with E-state index < -0.39 is 17.9 Å². The van der Waals surface area contributed by atoms with Crippen LogP contribution in [0.2, 0.25) is 0 Å². The number of aryl methyl sites for hydroxylation is 1. The average Bonchev–Trinajstić information content (AvgIpc) is 2.72. The number of imidazole rings is 1. The molecule has 100 valence electrons. The Morgan fingerprint density at radius 2 is 1.89 bits per heavy atom. The number of anilines is 1. The molecule has 0 atom stereocenters. The minimum Gasteiger partial charge on any atom is -0.330 e. The fourth-order valence-electron chi connectivity index (χ4n) is 1.56. The molecule has 0 radical (unpaired) electrons. The summed E-state index contributed by atoms with van der Waals surface area (Å²) in [5.74, 6) is -1.79. The van der Waals surface area contributed by atoms with Crippen molar-refractivity contribution in [3.05, 3.63) is 48.0 Å². The number of nitrogens with zero attached hydrogens (tertiary/aromatic N) is 2. The maximum Gasteiger partial charge on any atom is 0.449 e. The van der Waals surface area contributed by atoms with Gasteiger partial charge in [-0.3, -0.25) is 4.79 Å². The SMILES string of the molecule is Cn1cc(C(=O)Nc2ccccc2)nc1C(F)(F)F. The number of halogens is 3. The number of carbonyl (C=O) groups is 1. The Balaban J connectivity index is 2.21. The van der Waals surface area contributed by atoms with Crippen molar-refractivity contribution in [1.82, 2.24) is 9.55 Å². The number of alkyl halides is 3. The van der Waals surface area contributed by atoms with E-state index in [2.05, 4.69) is 10.3 Å². The zero-order chi connectivity index (χ0) is 14.0. The normalized spacial score (nSPS) is 11.4. The molecule has 0 saturated heterocycles. The number of amides is 1. The smallest absolute Gasteiger partial charge is 0.330 e. The molecule has 0 spiro atoms. The lowest BCUT2D eigenvalue weighted by atomic mass is 10.3. The van der Waals surface area contributed by atoms with Crippen LogP contribution in [0.15, 0.2) is 36.5 Å². The number of hydrogen-bond acceptors (Lipinski definition) is 2. The summed E-state index contributed by atoms with van der Waals surface area (Å²) in [5.41, 5.74) is 0.213. The molecular weight excluding hydrogens is 259 g/mol. The van der Waals surface area contributed by atoms with Crippen molar-refractivity contribution in [2.45, 2.75) is 6.18 Å². The van der Waals surface area contributed by atoms with Crippen LogP contribution in [0, 0.1) is 0 Å². The average molecular weight is 269 g/mol. The lowest BCUT2D eigenvalue weighted by Gasteiger charge is -2.04. The van der Waals surface area contributed by atoms with Crippen molar-refractivity contribution < 1.29 is 18.0 Å². The molecule has 1 amide bonds. The molecular formula is C12H10F3N3O. The highest BCUT2D eigenvalue weighted by atomic mass is 19.4. The zero-order valence-electron chi connectivity index (χ0n) is 9.90. The second-order valence-corrected chi connectivity index (χ2v) is 3.88. The molecule has 0 bridgehead atoms. The zero-order valence-corrected chi connectivity index (χ0v) is 9.90. The third-order valence-electron chi connectivity index (χ3n) is 2.39. The van der Waals surface area contributed by atoms with E-state index in [9.17, 15) is 18.0 Å². The Morgan fingerprint density at radius 1 is 1.26 bits per heavy atom. The monoisotopic (exact) mass is 269 g/mol. The maximum atomic E-state index is 12.5. The molecule has 0 aliphatic carbocycles. The maximum absolute atomic E-state index is 12.5. The van der Waals surface area contributed by atoms with E-state index in [-0.39, 0.29) is 5.69 Å². The quantitative estimate of drug-likeness (QED) is 0.911. The third kappa shape index (κ3) is 2.93. The van der Waals surface area contributed by atoms with Gasteiger partial charge in [0.25, 0.3) is 5.91 Å². The molecule has 0 aliphatic rings. The van der Waals surface area contributed by atoms with Crippen molar-refractivity contribution >= 4 is 11.6 Å². The Bertz CT molecular complexity index is 590. The molecule has 1 heterocycles. The Hall–Kier alpha value is -2.31. The lowest BCUT2D eigenvalue weighted by Crippen LogP contribution is -2.14. The third-order valence-corrected chi connectivity index (χ3v) is 2.39. The van der Waals surface area contributed by atoms with Crippen LogP contribution in [0.25, 0.3) is 0 Å². The summed E-state index contributed by atoms with van der Waals surface area (Å²) in [4.78, 5) is 15.1. The number of aromatic nitrogens is 2. The Kier molecular flexibility index (Phi) is 3.28. The van der Waals surface area contributed by atoms with Crippen LogP contribution >= 0.6 is 0 Å². The van der Waals surface area contributed by atoms with Crippen molar-refractivity contribution in [3.8, 4) is 0 Å². The minimum absolute atomic E-state index is 0.279. The largest absolute Gasteiger partial charge is 0.449 e. The van der Waals surface area contributed by atoms with Crippen molar-refractivity contribution in [2.75, 3.05) is 5.32 Å². The van der Waals surface area contributed by atoms with E-state index in [0.29, 0.717) is 5.69 Å². The Morgan fingerprint density at radius 3 is 2.42 bits per heavy atom. The number of hydrogen-bond donors (Lipinski definition) is 1. The van der Waals surface area contributed by atoms with Crippen molar-refractivity contribution in [3.63, 3.8) is 0 Å². The van der Waals surface area contributed by atoms with Crippen LogP contribution in [0.3, 0.4) is 0 Å². The molecule has 7 heteroatoms. The van der Waals surface area contributed by atoms with Crippen molar-refractivity contribution in [1.29, 1.82) is 0 Å². The van der Waals surface area contributed by atoms with E-state index in [0.717, 1.165) is 10.8 Å². The van der Waals surface area contributed by atoms with E-state index in [1.54, 1.807) is 30.3 Å². The molecule has 4 nitrogen and oxygen atoms in total. The molecule has 0 fully saturated rings. The molecule has 1 aromatic carbocycles. The minimum atomic E-state index is -4.58.